The predicted octanol–water partition coefficient (Wildman–Crippen LogP) is 3.67. The molecule has 4 rings (SSSR count). The Balaban J connectivity index is 1.53. The molecule has 136 valence electrons. The van der Waals surface area contributed by atoms with Gasteiger partial charge in [-0.2, -0.15) is 0 Å². The molecule has 0 bridgehead atoms. The summed E-state index contributed by atoms with van der Waals surface area (Å²) < 4.78 is 0. The minimum atomic E-state index is -0.213. The average Bonchev–Trinajstić information content (AvgIpc) is 3.52. The van der Waals surface area contributed by atoms with Crippen molar-refractivity contribution in [2.75, 3.05) is 16.8 Å². The van der Waals surface area contributed by atoms with Crippen LogP contribution in [-0.2, 0) is 0 Å². The van der Waals surface area contributed by atoms with Gasteiger partial charge in [-0.3, -0.25) is 9.78 Å². The van der Waals surface area contributed by atoms with Crippen molar-refractivity contribution in [3.8, 4) is 0 Å². The summed E-state index contributed by atoms with van der Waals surface area (Å²) in [4.78, 5) is 27.7. The molecule has 0 saturated heterocycles. The molecular weight excluding hydrogens is 326 g/mol. The van der Waals surface area contributed by atoms with Crippen LogP contribution >= 0.6 is 0 Å². The first kappa shape index (κ1) is 16.9. The Bertz CT molecular complexity index is 741. The lowest BCUT2D eigenvalue weighted by atomic mass is 9.94. The van der Waals surface area contributed by atoms with E-state index >= 15 is 0 Å². The van der Waals surface area contributed by atoms with E-state index < -0.39 is 0 Å². The lowest BCUT2D eigenvalue weighted by Gasteiger charge is -2.35. The zero-order chi connectivity index (χ0) is 17.8. The number of nitrogens with zero attached hydrogens (tertiary/aromatic N) is 4. The van der Waals surface area contributed by atoms with E-state index in [0.717, 1.165) is 18.3 Å². The minimum absolute atomic E-state index is 0.213. The van der Waals surface area contributed by atoms with Gasteiger partial charge in [-0.1, -0.05) is 19.3 Å². The molecule has 0 radical (unpaired) electrons. The molecular formula is C20H25N5O. The van der Waals surface area contributed by atoms with Gasteiger partial charge in [0.2, 0.25) is 0 Å². The van der Waals surface area contributed by atoms with Crippen LogP contribution in [0.25, 0.3) is 0 Å². The molecule has 2 aromatic rings. The SMILES string of the molecule is O=C(Nc1ccncc1)c1cc(N(CC2CC2)C2CCCCC2)ncn1. The van der Waals surface area contributed by atoms with Crippen molar-refractivity contribution in [2.24, 2.45) is 5.92 Å². The van der Waals surface area contributed by atoms with Crippen molar-refractivity contribution < 1.29 is 4.79 Å². The van der Waals surface area contributed by atoms with Crippen LogP contribution in [-0.4, -0.2) is 33.4 Å². The molecule has 6 nitrogen and oxygen atoms in total. The van der Waals surface area contributed by atoms with Gasteiger partial charge in [0.1, 0.15) is 17.8 Å². The summed E-state index contributed by atoms with van der Waals surface area (Å²) in [6.45, 7) is 1.05. The highest BCUT2D eigenvalue weighted by molar-refractivity contribution is 6.03. The van der Waals surface area contributed by atoms with Crippen LogP contribution in [0.2, 0.25) is 0 Å². The van der Waals surface area contributed by atoms with Crippen LogP contribution in [0.1, 0.15) is 55.4 Å². The largest absolute Gasteiger partial charge is 0.353 e. The van der Waals surface area contributed by atoms with Crippen LogP contribution in [0.15, 0.2) is 36.9 Å². The van der Waals surface area contributed by atoms with E-state index in [1.54, 1.807) is 24.5 Å². The van der Waals surface area contributed by atoms with Crippen molar-refractivity contribution in [1.29, 1.82) is 0 Å². The summed E-state index contributed by atoms with van der Waals surface area (Å²) in [7, 11) is 0. The molecule has 2 aliphatic rings. The van der Waals surface area contributed by atoms with Gasteiger partial charge in [0.15, 0.2) is 0 Å². The van der Waals surface area contributed by atoms with Gasteiger partial charge in [0.05, 0.1) is 0 Å². The predicted molar refractivity (Wildman–Crippen MR) is 101 cm³/mol. The Labute approximate surface area is 154 Å². The maximum Gasteiger partial charge on any atom is 0.274 e. The molecule has 0 unspecified atom stereocenters. The molecule has 2 aliphatic carbocycles. The lowest BCUT2D eigenvalue weighted by Crippen LogP contribution is -2.39. The van der Waals surface area contributed by atoms with Gasteiger partial charge >= 0.3 is 0 Å². The number of pyridine rings is 1. The summed E-state index contributed by atoms with van der Waals surface area (Å²) >= 11 is 0. The number of hydrogen-bond donors (Lipinski definition) is 1. The number of amides is 1. The Hall–Kier alpha value is -2.50. The van der Waals surface area contributed by atoms with Crippen LogP contribution < -0.4 is 10.2 Å². The third-order valence-corrected chi connectivity index (χ3v) is 5.29. The molecule has 1 amide bonds. The third-order valence-electron chi connectivity index (χ3n) is 5.29. The minimum Gasteiger partial charge on any atom is -0.353 e. The van der Waals surface area contributed by atoms with Gasteiger partial charge < -0.3 is 10.2 Å². The maximum atomic E-state index is 12.6. The highest BCUT2D eigenvalue weighted by atomic mass is 16.1. The number of carbonyl (C=O) groups excluding carboxylic acids is 1. The zero-order valence-corrected chi connectivity index (χ0v) is 15.0. The monoisotopic (exact) mass is 351 g/mol. The smallest absolute Gasteiger partial charge is 0.274 e. The van der Waals surface area contributed by atoms with Gasteiger partial charge in [-0.05, 0) is 43.7 Å². The first-order valence-corrected chi connectivity index (χ1v) is 9.59. The Morgan fingerprint density at radius 3 is 2.58 bits per heavy atom. The van der Waals surface area contributed by atoms with E-state index in [-0.39, 0.29) is 5.91 Å². The quantitative estimate of drug-likeness (QED) is 0.860. The second-order valence-electron chi connectivity index (χ2n) is 7.34. The fourth-order valence-electron chi connectivity index (χ4n) is 3.66. The molecule has 2 fully saturated rings. The first-order valence-electron chi connectivity index (χ1n) is 9.59. The van der Waals surface area contributed by atoms with Crippen LogP contribution in [0.5, 0.6) is 0 Å². The molecule has 0 spiro atoms. The van der Waals surface area contributed by atoms with Gasteiger partial charge in [-0.25, -0.2) is 9.97 Å². The van der Waals surface area contributed by atoms with Crippen LogP contribution in [0.4, 0.5) is 11.5 Å². The molecule has 2 aromatic heterocycles. The summed E-state index contributed by atoms with van der Waals surface area (Å²) in [5.41, 5.74) is 1.12. The normalized spacial score (nSPS) is 17.7. The van der Waals surface area contributed by atoms with Crippen LogP contribution in [0.3, 0.4) is 0 Å². The standard InChI is InChI=1S/C20H25N5O/c26-20(24-16-8-10-21-11-9-16)18-12-19(23-14-22-18)25(13-15-6-7-15)17-4-2-1-3-5-17/h8-12,14-15,17H,1-7,13H2,(H,21,24,26). The average molecular weight is 351 g/mol. The molecule has 0 aromatic carbocycles. The summed E-state index contributed by atoms with van der Waals surface area (Å²) in [5, 5.41) is 2.87. The van der Waals surface area contributed by atoms with Crippen LogP contribution in [0, 0.1) is 5.92 Å². The third kappa shape index (κ3) is 4.18. The van der Waals surface area contributed by atoms with Crippen molar-refractivity contribution >= 4 is 17.4 Å². The summed E-state index contributed by atoms with van der Waals surface area (Å²) in [6.07, 6.45) is 13.8. The molecule has 1 N–H and O–H groups in total. The number of hydrogen-bond acceptors (Lipinski definition) is 5. The zero-order valence-electron chi connectivity index (χ0n) is 15.0. The second kappa shape index (κ2) is 7.81. The molecule has 0 atom stereocenters. The first-order chi connectivity index (χ1) is 12.8. The molecule has 6 heteroatoms. The van der Waals surface area contributed by atoms with Crippen molar-refractivity contribution in [3.05, 3.63) is 42.6 Å². The second-order valence-corrected chi connectivity index (χ2v) is 7.34. The van der Waals surface area contributed by atoms with Gasteiger partial charge in [-0.15, -0.1) is 0 Å². The number of rotatable bonds is 6. The number of anilines is 2. The summed E-state index contributed by atoms with van der Waals surface area (Å²) in [6, 6.07) is 5.91. The Morgan fingerprint density at radius 1 is 1.08 bits per heavy atom. The fraction of sp³-hybridized carbons (Fsp3) is 0.500. The highest BCUT2D eigenvalue weighted by Gasteiger charge is 2.30. The van der Waals surface area contributed by atoms with E-state index in [4.69, 9.17) is 0 Å². The summed E-state index contributed by atoms with van der Waals surface area (Å²) in [5.74, 6) is 1.45. The Morgan fingerprint density at radius 2 is 1.85 bits per heavy atom. The van der Waals surface area contributed by atoms with E-state index in [1.807, 2.05) is 6.07 Å². The van der Waals surface area contributed by atoms with Crippen molar-refractivity contribution in [2.45, 2.75) is 51.0 Å². The molecule has 26 heavy (non-hydrogen) atoms. The molecule has 2 saturated carbocycles. The fourth-order valence-corrected chi connectivity index (χ4v) is 3.66. The number of carbonyl (C=O) groups is 1. The molecule has 0 aliphatic heterocycles. The maximum absolute atomic E-state index is 12.6. The number of nitrogens with one attached hydrogen (secondary N) is 1. The van der Waals surface area contributed by atoms with Gasteiger partial charge in [0, 0.05) is 36.7 Å². The van der Waals surface area contributed by atoms with E-state index in [1.165, 1.54) is 51.3 Å². The topological polar surface area (TPSA) is 71.0 Å². The highest BCUT2D eigenvalue weighted by Crippen LogP contribution is 2.34. The number of aromatic nitrogens is 3. The van der Waals surface area contributed by atoms with E-state index in [0.29, 0.717) is 17.4 Å². The molecule has 2 heterocycles. The van der Waals surface area contributed by atoms with E-state index in [9.17, 15) is 4.79 Å². The Kier molecular flexibility index (Phi) is 5.09. The lowest BCUT2D eigenvalue weighted by molar-refractivity contribution is 0.102. The van der Waals surface area contributed by atoms with Crippen molar-refractivity contribution in [3.63, 3.8) is 0 Å². The van der Waals surface area contributed by atoms with Gasteiger partial charge in [0.25, 0.3) is 5.91 Å². The van der Waals surface area contributed by atoms with E-state index in [2.05, 4.69) is 25.2 Å². The van der Waals surface area contributed by atoms with Crippen molar-refractivity contribution in [1.82, 2.24) is 15.0 Å².